The molecule has 27 heavy (non-hydrogen) atoms. The van der Waals surface area contributed by atoms with E-state index in [0.717, 1.165) is 36.1 Å². The zero-order chi connectivity index (χ0) is 19.0. The third-order valence-corrected chi connectivity index (χ3v) is 6.11. The topological polar surface area (TPSA) is 39.2 Å². The van der Waals surface area contributed by atoms with Crippen LogP contribution in [0.3, 0.4) is 0 Å². The lowest BCUT2D eigenvalue weighted by Crippen LogP contribution is -2.00. The van der Waals surface area contributed by atoms with Gasteiger partial charge in [0, 0.05) is 25.0 Å². The molecule has 0 aliphatic carbocycles. The number of rotatable bonds is 3. The normalized spacial score (nSPS) is 11.1. The van der Waals surface area contributed by atoms with Crippen molar-refractivity contribution in [3.05, 3.63) is 76.3 Å². The number of carbonyl (C=O) groups is 1. The van der Waals surface area contributed by atoms with Crippen LogP contribution in [0.2, 0.25) is 0 Å². The Morgan fingerprint density at radius 2 is 1.85 bits per heavy atom. The lowest BCUT2D eigenvalue weighted by atomic mass is 10.1. The van der Waals surface area contributed by atoms with E-state index in [0.29, 0.717) is 5.56 Å². The first kappa shape index (κ1) is 18.0. The van der Waals surface area contributed by atoms with Crippen molar-refractivity contribution >= 4 is 55.5 Å². The van der Waals surface area contributed by atoms with E-state index in [1.807, 2.05) is 36.4 Å². The maximum Gasteiger partial charge on any atom is 0.337 e. The van der Waals surface area contributed by atoms with Crippen LogP contribution in [0.5, 0.6) is 0 Å². The van der Waals surface area contributed by atoms with Crippen molar-refractivity contribution in [3.63, 3.8) is 0 Å². The third-order valence-electron chi connectivity index (χ3n) is 4.33. The number of carbonyl (C=O) groups excluding carboxylic acids is 1. The van der Waals surface area contributed by atoms with Gasteiger partial charge in [-0.3, -0.25) is 0 Å². The number of ether oxygens (including phenoxy) is 1. The summed E-state index contributed by atoms with van der Waals surface area (Å²) < 4.78 is 5.85. The smallest absolute Gasteiger partial charge is 0.337 e. The fourth-order valence-corrected chi connectivity index (χ4v) is 4.90. The van der Waals surface area contributed by atoms with E-state index >= 15 is 0 Å². The van der Waals surface area contributed by atoms with E-state index < -0.39 is 0 Å². The molecule has 4 rings (SSSR count). The van der Waals surface area contributed by atoms with E-state index in [-0.39, 0.29) is 5.97 Å². The van der Waals surface area contributed by atoms with Crippen LogP contribution >= 0.6 is 27.7 Å². The van der Waals surface area contributed by atoms with Gasteiger partial charge in [-0.1, -0.05) is 52.0 Å². The number of nitrogens with zero attached hydrogens (tertiary/aromatic N) is 1. The number of aryl methyl sites for hydroxylation is 1. The molecule has 0 spiro atoms. The highest BCUT2D eigenvalue weighted by atomic mass is 79.9. The van der Waals surface area contributed by atoms with Gasteiger partial charge < -0.3 is 4.74 Å². The molecule has 0 atom stereocenters. The van der Waals surface area contributed by atoms with Crippen molar-refractivity contribution in [1.82, 2.24) is 4.98 Å². The summed E-state index contributed by atoms with van der Waals surface area (Å²) in [5, 5.41) is 2.16. The summed E-state index contributed by atoms with van der Waals surface area (Å²) >= 11 is 5.31. The second-order valence-corrected chi connectivity index (χ2v) is 8.16. The molecule has 5 heteroatoms. The second kappa shape index (κ2) is 7.33. The van der Waals surface area contributed by atoms with Gasteiger partial charge in [0.25, 0.3) is 0 Å². The Morgan fingerprint density at radius 1 is 1.04 bits per heavy atom. The summed E-state index contributed by atoms with van der Waals surface area (Å²) in [6.45, 7) is 2.07. The lowest BCUT2D eigenvalue weighted by molar-refractivity contribution is 0.0600. The second-order valence-electron chi connectivity index (χ2n) is 6.22. The van der Waals surface area contributed by atoms with E-state index in [9.17, 15) is 4.79 Å². The number of esters is 1. The van der Waals surface area contributed by atoms with Crippen molar-refractivity contribution in [2.24, 2.45) is 0 Å². The van der Waals surface area contributed by atoms with Gasteiger partial charge in [-0.05, 0) is 48.9 Å². The number of hydrogen-bond donors (Lipinski definition) is 0. The van der Waals surface area contributed by atoms with Crippen LogP contribution in [0.25, 0.3) is 21.8 Å². The number of fused-ring (bicyclic) bond motifs is 2. The molecule has 0 N–H and O–H groups in total. The average molecular weight is 438 g/mol. The number of benzene rings is 3. The number of hydrogen-bond acceptors (Lipinski definition) is 4. The van der Waals surface area contributed by atoms with Gasteiger partial charge in [0.15, 0.2) is 0 Å². The molecule has 1 aromatic heterocycles. The molecule has 1 heterocycles. The zero-order valence-electron chi connectivity index (χ0n) is 14.8. The van der Waals surface area contributed by atoms with Crippen LogP contribution in [0.15, 0.2) is 74.9 Å². The van der Waals surface area contributed by atoms with E-state index in [4.69, 9.17) is 9.72 Å². The van der Waals surface area contributed by atoms with Crippen molar-refractivity contribution < 1.29 is 9.53 Å². The Kier molecular flexibility index (Phi) is 4.89. The van der Waals surface area contributed by atoms with E-state index in [1.54, 1.807) is 17.8 Å². The monoisotopic (exact) mass is 437 g/mol. The molecule has 0 aliphatic heterocycles. The van der Waals surface area contributed by atoms with Gasteiger partial charge in [0.2, 0.25) is 0 Å². The summed E-state index contributed by atoms with van der Waals surface area (Å²) in [4.78, 5) is 18.8. The highest BCUT2D eigenvalue weighted by Gasteiger charge is 2.14. The van der Waals surface area contributed by atoms with Gasteiger partial charge in [-0.2, -0.15) is 0 Å². The quantitative estimate of drug-likeness (QED) is 0.274. The molecule has 134 valence electrons. The van der Waals surface area contributed by atoms with Gasteiger partial charge in [0.05, 0.1) is 23.7 Å². The SMILES string of the molecule is COC(=O)c1cccc(Sc2c3ccc(C)cc3nc3cccc(Br)c23)c1. The summed E-state index contributed by atoms with van der Waals surface area (Å²) in [5.74, 6) is -0.335. The van der Waals surface area contributed by atoms with Crippen molar-refractivity contribution in [1.29, 1.82) is 0 Å². The minimum Gasteiger partial charge on any atom is -0.465 e. The molecule has 4 aromatic rings. The first-order chi connectivity index (χ1) is 13.1. The van der Waals surface area contributed by atoms with Crippen molar-refractivity contribution in [2.45, 2.75) is 16.7 Å². The standard InChI is InChI=1S/C22H16BrNO2S/c1-13-9-10-16-19(11-13)24-18-8-4-7-17(23)20(18)21(16)27-15-6-3-5-14(12-15)22(25)26-2/h3-12H,1-2H3. The molecule has 0 fully saturated rings. The fourth-order valence-electron chi connectivity index (χ4n) is 3.05. The maximum atomic E-state index is 11.9. The zero-order valence-corrected chi connectivity index (χ0v) is 17.2. The molecule has 0 bridgehead atoms. The van der Waals surface area contributed by atoms with Gasteiger partial charge in [0.1, 0.15) is 0 Å². The van der Waals surface area contributed by atoms with Gasteiger partial charge in [-0.15, -0.1) is 0 Å². The molecule has 0 saturated carbocycles. The Balaban J connectivity index is 1.95. The number of pyridine rings is 1. The fraction of sp³-hybridized carbons (Fsp3) is 0.0909. The molecule has 0 aliphatic rings. The van der Waals surface area contributed by atoms with Crippen LogP contribution in [-0.2, 0) is 4.74 Å². The predicted octanol–water partition coefficient (Wildman–Crippen LogP) is 6.40. The molecule has 0 amide bonds. The molecular weight excluding hydrogens is 422 g/mol. The molecule has 0 unspecified atom stereocenters. The Bertz CT molecular complexity index is 1190. The average Bonchev–Trinajstić information content (AvgIpc) is 2.67. The minimum atomic E-state index is -0.335. The first-order valence-electron chi connectivity index (χ1n) is 8.41. The Labute approximate surface area is 169 Å². The van der Waals surface area contributed by atoms with Crippen molar-refractivity contribution in [2.75, 3.05) is 7.11 Å². The summed E-state index contributed by atoms with van der Waals surface area (Å²) in [7, 11) is 1.39. The number of methoxy groups -OCH3 is 1. The Morgan fingerprint density at radius 3 is 2.67 bits per heavy atom. The molecule has 3 nitrogen and oxygen atoms in total. The van der Waals surface area contributed by atoms with Crippen LogP contribution in [0.1, 0.15) is 15.9 Å². The highest BCUT2D eigenvalue weighted by molar-refractivity contribution is 9.10. The Hall–Kier alpha value is -2.37. The molecular formula is C22H16BrNO2S. The molecule has 3 aromatic carbocycles. The van der Waals surface area contributed by atoms with Gasteiger partial charge in [-0.25, -0.2) is 9.78 Å². The molecule has 0 radical (unpaired) electrons. The first-order valence-corrected chi connectivity index (χ1v) is 10.0. The summed E-state index contributed by atoms with van der Waals surface area (Å²) in [6.07, 6.45) is 0. The van der Waals surface area contributed by atoms with Crippen LogP contribution in [0, 0.1) is 6.92 Å². The van der Waals surface area contributed by atoms with Crippen LogP contribution < -0.4 is 0 Å². The third kappa shape index (κ3) is 3.45. The molecule has 0 saturated heterocycles. The number of aromatic nitrogens is 1. The van der Waals surface area contributed by atoms with E-state index in [1.165, 1.54) is 12.7 Å². The lowest BCUT2D eigenvalue weighted by Gasteiger charge is -2.13. The minimum absolute atomic E-state index is 0.335. The number of halogens is 1. The van der Waals surface area contributed by atoms with Crippen molar-refractivity contribution in [3.8, 4) is 0 Å². The maximum absolute atomic E-state index is 11.9. The van der Waals surface area contributed by atoms with E-state index in [2.05, 4.69) is 41.1 Å². The largest absolute Gasteiger partial charge is 0.465 e. The summed E-state index contributed by atoms with van der Waals surface area (Å²) in [5.41, 5.74) is 3.62. The summed E-state index contributed by atoms with van der Waals surface area (Å²) in [6, 6.07) is 19.9. The van der Waals surface area contributed by atoms with Gasteiger partial charge >= 0.3 is 5.97 Å². The predicted molar refractivity (Wildman–Crippen MR) is 114 cm³/mol. The van der Waals surface area contributed by atoms with Crippen LogP contribution in [-0.4, -0.2) is 18.1 Å². The van der Waals surface area contributed by atoms with Crippen LogP contribution in [0.4, 0.5) is 0 Å². The highest BCUT2D eigenvalue weighted by Crippen LogP contribution is 2.41.